The maximum Gasteiger partial charge on any atom is 0.0816 e. The van der Waals surface area contributed by atoms with Crippen LogP contribution >= 0.6 is 27.5 Å². The molecule has 1 fully saturated rings. The van der Waals surface area contributed by atoms with E-state index < -0.39 is 6.10 Å². The topological polar surface area (TPSA) is 23.5 Å². The van der Waals surface area contributed by atoms with Gasteiger partial charge in [0, 0.05) is 21.6 Å². The molecule has 2 rings (SSSR count). The second-order valence-electron chi connectivity index (χ2n) is 5.87. The fourth-order valence-electron chi connectivity index (χ4n) is 2.78. The molecule has 1 N–H and O–H groups in total. The second-order valence-corrected chi connectivity index (χ2v) is 7.20. The lowest BCUT2D eigenvalue weighted by atomic mass is 10.0. The van der Waals surface area contributed by atoms with Crippen molar-refractivity contribution in [1.29, 1.82) is 0 Å². The number of aliphatic hydroxyl groups is 1. The molecule has 0 amide bonds. The summed E-state index contributed by atoms with van der Waals surface area (Å²) in [6, 6.07) is 5.65. The molecule has 0 radical (unpaired) electrons. The molecule has 4 heteroatoms. The van der Waals surface area contributed by atoms with Gasteiger partial charge in [-0.15, -0.1) is 0 Å². The summed E-state index contributed by atoms with van der Waals surface area (Å²) in [6.07, 6.45) is 2.73. The van der Waals surface area contributed by atoms with Crippen molar-refractivity contribution >= 4 is 27.5 Å². The first-order valence-corrected chi connectivity index (χ1v) is 7.95. The van der Waals surface area contributed by atoms with Crippen LogP contribution in [0.1, 0.15) is 44.8 Å². The number of hydrogen-bond donors (Lipinski definition) is 1. The minimum absolute atomic E-state index is 0.267. The van der Waals surface area contributed by atoms with Crippen LogP contribution in [0.2, 0.25) is 5.02 Å². The van der Waals surface area contributed by atoms with Gasteiger partial charge in [-0.3, -0.25) is 4.90 Å². The predicted molar refractivity (Wildman–Crippen MR) is 83.6 cm³/mol. The molecule has 1 saturated heterocycles. The largest absolute Gasteiger partial charge is 0.388 e. The van der Waals surface area contributed by atoms with Crippen LogP contribution in [-0.2, 0) is 0 Å². The smallest absolute Gasteiger partial charge is 0.0816 e. The standard InChI is InChI=1S/C15H21BrClNO/c1-15(2)7-3-8-18(15)9-6-14(19)12-5-4-11(16)10-13(12)17/h4-5,10,14,19H,3,6-9H2,1-2H3. The van der Waals surface area contributed by atoms with Gasteiger partial charge in [-0.2, -0.15) is 0 Å². The molecule has 1 atom stereocenters. The number of rotatable bonds is 4. The Morgan fingerprint density at radius 3 is 2.79 bits per heavy atom. The van der Waals surface area contributed by atoms with Gasteiger partial charge in [-0.05, 0) is 57.4 Å². The molecule has 1 unspecified atom stereocenters. The average molecular weight is 347 g/mol. The summed E-state index contributed by atoms with van der Waals surface area (Å²) in [7, 11) is 0. The Hall–Kier alpha value is -0.0900. The molecule has 1 heterocycles. The zero-order valence-electron chi connectivity index (χ0n) is 11.5. The van der Waals surface area contributed by atoms with Crippen LogP contribution in [0, 0.1) is 0 Å². The molecule has 19 heavy (non-hydrogen) atoms. The first-order valence-electron chi connectivity index (χ1n) is 6.78. The number of benzene rings is 1. The van der Waals surface area contributed by atoms with Gasteiger partial charge in [-0.1, -0.05) is 33.6 Å². The van der Waals surface area contributed by atoms with Gasteiger partial charge in [0.05, 0.1) is 6.10 Å². The Labute approximate surface area is 128 Å². The molecule has 1 aromatic rings. The van der Waals surface area contributed by atoms with Crippen molar-refractivity contribution in [3.05, 3.63) is 33.3 Å². The third kappa shape index (κ3) is 3.72. The lowest BCUT2D eigenvalue weighted by molar-refractivity contribution is 0.115. The number of aliphatic hydroxyl groups excluding tert-OH is 1. The summed E-state index contributed by atoms with van der Waals surface area (Å²) < 4.78 is 0.939. The van der Waals surface area contributed by atoms with Crippen molar-refractivity contribution in [1.82, 2.24) is 4.90 Å². The van der Waals surface area contributed by atoms with E-state index in [1.54, 1.807) is 0 Å². The summed E-state index contributed by atoms with van der Waals surface area (Å²) in [5, 5.41) is 10.9. The van der Waals surface area contributed by atoms with Gasteiger partial charge in [-0.25, -0.2) is 0 Å². The van der Waals surface area contributed by atoms with E-state index in [1.165, 1.54) is 12.8 Å². The van der Waals surface area contributed by atoms with Gasteiger partial charge < -0.3 is 5.11 Å². The van der Waals surface area contributed by atoms with Crippen LogP contribution in [0.3, 0.4) is 0 Å². The molecule has 2 nitrogen and oxygen atoms in total. The fourth-order valence-corrected chi connectivity index (χ4v) is 3.58. The summed E-state index contributed by atoms with van der Waals surface area (Å²) in [5.74, 6) is 0. The Balaban J connectivity index is 1.96. The number of likely N-dealkylation sites (tertiary alicyclic amines) is 1. The van der Waals surface area contributed by atoms with Crippen LogP contribution in [0.25, 0.3) is 0 Å². The summed E-state index contributed by atoms with van der Waals surface area (Å²) in [5.41, 5.74) is 1.09. The quantitative estimate of drug-likeness (QED) is 0.873. The molecule has 106 valence electrons. The van der Waals surface area contributed by atoms with E-state index in [4.69, 9.17) is 11.6 Å². The minimum atomic E-state index is -0.489. The molecule has 0 saturated carbocycles. The van der Waals surface area contributed by atoms with Gasteiger partial charge in [0.15, 0.2) is 0 Å². The van der Waals surface area contributed by atoms with Crippen molar-refractivity contribution in [2.45, 2.75) is 44.8 Å². The maximum atomic E-state index is 10.3. The first kappa shape index (κ1) is 15.3. The highest BCUT2D eigenvalue weighted by Gasteiger charge is 2.31. The summed E-state index contributed by atoms with van der Waals surface area (Å²) in [4.78, 5) is 2.46. The van der Waals surface area contributed by atoms with E-state index in [9.17, 15) is 5.11 Å². The van der Waals surface area contributed by atoms with Gasteiger partial charge >= 0.3 is 0 Å². The number of hydrogen-bond acceptors (Lipinski definition) is 2. The van der Waals surface area contributed by atoms with E-state index in [0.29, 0.717) is 5.02 Å². The highest BCUT2D eigenvalue weighted by molar-refractivity contribution is 9.10. The summed E-state index contributed by atoms with van der Waals surface area (Å²) >= 11 is 9.55. The second kappa shape index (κ2) is 6.13. The first-order chi connectivity index (χ1) is 8.90. The molecule has 0 aliphatic carbocycles. The van der Waals surface area contributed by atoms with Gasteiger partial charge in [0.2, 0.25) is 0 Å². The van der Waals surface area contributed by atoms with E-state index >= 15 is 0 Å². The van der Waals surface area contributed by atoms with Crippen LogP contribution in [0.4, 0.5) is 0 Å². The Morgan fingerprint density at radius 2 is 2.21 bits per heavy atom. The molecular formula is C15H21BrClNO. The molecule has 1 aliphatic heterocycles. The SMILES string of the molecule is CC1(C)CCCN1CCC(O)c1ccc(Br)cc1Cl. The van der Waals surface area contributed by atoms with E-state index in [2.05, 4.69) is 34.7 Å². The fraction of sp³-hybridized carbons (Fsp3) is 0.600. The number of halogens is 2. The van der Waals surface area contributed by atoms with Crippen molar-refractivity contribution in [3.8, 4) is 0 Å². The van der Waals surface area contributed by atoms with Crippen molar-refractivity contribution < 1.29 is 5.11 Å². The lowest BCUT2D eigenvalue weighted by Gasteiger charge is -2.32. The van der Waals surface area contributed by atoms with Gasteiger partial charge in [0.25, 0.3) is 0 Å². The zero-order chi connectivity index (χ0) is 14.0. The molecule has 1 aromatic carbocycles. The average Bonchev–Trinajstić information content (AvgIpc) is 2.65. The summed E-state index contributed by atoms with van der Waals surface area (Å²) in [6.45, 7) is 6.60. The third-order valence-corrected chi connectivity index (χ3v) is 4.89. The lowest BCUT2D eigenvalue weighted by Crippen LogP contribution is -2.39. The normalized spacial score (nSPS) is 20.7. The molecule has 0 aromatic heterocycles. The monoisotopic (exact) mass is 345 g/mol. The highest BCUT2D eigenvalue weighted by Crippen LogP contribution is 2.31. The van der Waals surface area contributed by atoms with Crippen molar-refractivity contribution in [3.63, 3.8) is 0 Å². The molecular weight excluding hydrogens is 326 g/mol. The van der Waals surface area contributed by atoms with Crippen LogP contribution in [-0.4, -0.2) is 28.6 Å². The third-order valence-electron chi connectivity index (χ3n) is 4.07. The molecule has 0 spiro atoms. The molecule has 0 bridgehead atoms. The van der Waals surface area contributed by atoms with Gasteiger partial charge in [0.1, 0.15) is 0 Å². The minimum Gasteiger partial charge on any atom is -0.388 e. The van der Waals surface area contributed by atoms with Crippen molar-refractivity contribution in [2.75, 3.05) is 13.1 Å². The van der Waals surface area contributed by atoms with E-state index in [1.807, 2.05) is 18.2 Å². The molecule has 1 aliphatic rings. The van der Waals surface area contributed by atoms with Crippen molar-refractivity contribution in [2.24, 2.45) is 0 Å². The predicted octanol–water partition coefficient (Wildman–Crippen LogP) is 4.40. The Morgan fingerprint density at radius 1 is 1.47 bits per heavy atom. The Bertz CT molecular complexity index is 450. The maximum absolute atomic E-state index is 10.3. The number of nitrogens with zero attached hydrogens (tertiary/aromatic N) is 1. The highest BCUT2D eigenvalue weighted by atomic mass is 79.9. The van der Waals surface area contributed by atoms with Crippen LogP contribution in [0.5, 0.6) is 0 Å². The van der Waals surface area contributed by atoms with Crippen LogP contribution in [0.15, 0.2) is 22.7 Å². The Kier molecular flexibility index (Phi) is 4.93. The van der Waals surface area contributed by atoms with E-state index in [0.717, 1.165) is 29.5 Å². The van der Waals surface area contributed by atoms with Crippen LogP contribution < -0.4 is 0 Å². The van der Waals surface area contributed by atoms with E-state index in [-0.39, 0.29) is 5.54 Å². The zero-order valence-corrected chi connectivity index (χ0v) is 13.8.